The van der Waals surface area contributed by atoms with Crippen molar-refractivity contribution in [3.63, 3.8) is 0 Å². The normalized spacial score (nSPS) is 9.41. The largest absolute Gasteiger partial charge is 0.317 e. The first-order valence-corrected chi connectivity index (χ1v) is 6.40. The van der Waals surface area contributed by atoms with E-state index in [0.717, 1.165) is 5.56 Å². The molecule has 0 aliphatic rings. The Bertz CT molecular complexity index is 299. The van der Waals surface area contributed by atoms with Crippen molar-refractivity contribution >= 4 is 5.78 Å². The lowest BCUT2D eigenvalue weighted by molar-refractivity contribution is 0.101. The minimum absolute atomic E-state index is 0.125. The molecule has 96 valence electrons. The first kappa shape index (κ1) is 15.9. The summed E-state index contributed by atoms with van der Waals surface area (Å²) in [5, 5.41) is 3.28. The molecule has 2 nitrogen and oxygen atoms in total. The average molecular weight is 235 g/mol. The van der Waals surface area contributed by atoms with Crippen LogP contribution in [0.3, 0.4) is 0 Å². The van der Waals surface area contributed by atoms with Gasteiger partial charge in [0.2, 0.25) is 0 Å². The summed E-state index contributed by atoms with van der Waals surface area (Å²) >= 11 is 0. The Balaban J connectivity index is 0.000000325. The summed E-state index contributed by atoms with van der Waals surface area (Å²) in [5.41, 5.74) is 1.97. The molecule has 0 fully saturated rings. The van der Waals surface area contributed by atoms with Gasteiger partial charge in [0, 0.05) is 5.56 Å². The van der Waals surface area contributed by atoms with E-state index in [1.807, 2.05) is 31.2 Å². The fourth-order valence-corrected chi connectivity index (χ4v) is 1.27. The Morgan fingerprint density at radius 3 is 1.88 bits per heavy atom. The van der Waals surface area contributed by atoms with Gasteiger partial charge in [-0.1, -0.05) is 43.7 Å². The quantitative estimate of drug-likeness (QED) is 0.624. The number of rotatable bonds is 5. The van der Waals surface area contributed by atoms with E-state index in [1.165, 1.54) is 31.5 Å². The number of Topliss-reactive ketones (excluding diaryl/α,β-unsaturated/α-hetero) is 1. The Labute approximate surface area is 105 Å². The third-order valence-corrected chi connectivity index (χ3v) is 2.31. The molecule has 0 bridgehead atoms. The molecule has 0 atom stereocenters. The molecule has 2 heteroatoms. The second-order valence-corrected chi connectivity index (χ2v) is 4.17. The predicted octanol–water partition coefficient (Wildman–Crippen LogP) is 3.59. The van der Waals surface area contributed by atoms with Crippen LogP contribution in [0, 0.1) is 6.92 Å². The highest BCUT2D eigenvalue weighted by Gasteiger charge is 1.95. The molecular weight excluding hydrogens is 210 g/mol. The molecule has 0 aromatic heterocycles. The molecule has 0 unspecified atom stereocenters. The van der Waals surface area contributed by atoms with Gasteiger partial charge in [0.15, 0.2) is 5.78 Å². The van der Waals surface area contributed by atoms with Crippen LogP contribution in [0.15, 0.2) is 24.3 Å². The van der Waals surface area contributed by atoms with Crippen molar-refractivity contribution in [2.24, 2.45) is 0 Å². The SMILES string of the molecule is CC(=O)c1ccc(C)cc1.CCCNCCC. The van der Waals surface area contributed by atoms with Crippen LogP contribution < -0.4 is 5.32 Å². The number of hydrogen-bond acceptors (Lipinski definition) is 2. The van der Waals surface area contributed by atoms with Gasteiger partial charge < -0.3 is 5.32 Å². The van der Waals surface area contributed by atoms with Crippen molar-refractivity contribution in [3.05, 3.63) is 35.4 Å². The summed E-state index contributed by atoms with van der Waals surface area (Å²) in [4.78, 5) is 10.8. The smallest absolute Gasteiger partial charge is 0.159 e. The van der Waals surface area contributed by atoms with Crippen LogP contribution in [-0.2, 0) is 0 Å². The lowest BCUT2D eigenvalue weighted by atomic mass is 10.1. The second kappa shape index (κ2) is 10.0. The van der Waals surface area contributed by atoms with Crippen LogP contribution in [0.25, 0.3) is 0 Å². The lowest BCUT2D eigenvalue weighted by Gasteiger charge is -1.95. The highest BCUT2D eigenvalue weighted by Crippen LogP contribution is 2.02. The zero-order valence-electron chi connectivity index (χ0n) is 11.5. The number of carbonyl (C=O) groups excluding carboxylic acids is 1. The number of hydrogen-bond donors (Lipinski definition) is 1. The molecule has 0 amide bonds. The minimum atomic E-state index is 0.125. The first-order valence-electron chi connectivity index (χ1n) is 6.40. The van der Waals surface area contributed by atoms with Crippen molar-refractivity contribution in [2.45, 2.75) is 40.5 Å². The average Bonchev–Trinajstić information content (AvgIpc) is 2.31. The number of aryl methyl sites for hydroxylation is 1. The third-order valence-electron chi connectivity index (χ3n) is 2.31. The van der Waals surface area contributed by atoms with E-state index in [1.54, 1.807) is 6.92 Å². The molecule has 1 N–H and O–H groups in total. The van der Waals surface area contributed by atoms with Crippen LogP contribution >= 0.6 is 0 Å². The maximum absolute atomic E-state index is 10.8. The maximum atomic E-state index is 10.8. The van der Waals surface area contributed by atoms with Gasteiger partial charge in [-0.25, -0.2) is 0 Å². The molecule has 0 radical (unpaired) electrons. The number of benzene rings is 1. The van der Waals surface area contributed by atoms with Crippen LogP contribution in [0.1, 0.15) is 49.5 Å². The van der Waals surface area contributed by atoms with E-state index in [-0.39, 0.29) is 5.78 Å². The number of nitrogens with one attached hydrogen (secondary N) is 1. The molecule has 17 heavy (non-hydrogen) atoms. The molecule has 0 aliphatic heterocycles. The molecule has 0 saturated carbocycles. The molecule has 1 aromatic carbocycles. The van der Waals surface area contributed by atoms with Gasteiger partial charge in [0.1, 0.15) is 0 Å². The fourth-order valence-electron chi connectivity index (χ4n) is 1.27. The van der Waals surface area contributed by atoms with Crippen molar-refractivity contribution in [1.29, 1.82) is 0 Å². The van der Waals surface area contributed by atoms with Crippen LogP contribution in [0.5, 0.6) is 0 Å². The van der Waals surface area contributed by atoms with Crippen LogP contribution in [0.2, 0.25) is 0 Å². The Kier molecular flexibility index (Phi) is 9.35. The van der Waals surface area contributed by atoms with E-state index in [2.05, 4.69) is 19.2 Å². The molecule has 0 heterocycles. The standard InChI is InChI=1S/C9H10O.C6H15N/c1-7-3-5-9(6-4-7)8(2)10;1-3-5-7-6-4-2/h3-6H,1-2H3;7H,3-6H2,1-2H3. The zero-order chi connectivity index (χ0) is 13.1. The fraction of sp³-hybridized carbons (Fsp3) is 0.533. The van der Waals surface area contributed by atoms with Crippen molar-refractivity contribution in [2.75, 3.05) is 13.1 Å². The molecular formula is C15H25NO. The highest BCUT2D eigenvalue weighted by atomic mass is 16.1. The van der Waals surface area contributed by atoms with E-state index >= 15 is 0 Å². The Hall–Kier alpha value is -1.15. The van der Waals surface area contributed by atoms with Gasteiger partial charge in [-0.15, -0.1) is 0 Å². The summed E-state index contributed by atoms with van der Waals surface area (Å²) in [6, 6.07) is 7.57. The summed E-state index contributed by atoms with van der Waals surface area (Å²) in [6.07, 6.45) is 2.50. The van der Waals surface area contributed by atoms with Gasteiger partial charge in [0.05, 0.1) is 0 Å². The number of carbonyl (C=O) groups is 1. The van der Waals surface area contributed by atoms with E-state index in [0.29, 0.717) is 0 Å². The Morgan fingerprint density at radius 2 is 1.53 bits per heavy atom. The summed E-state index contributed by atoms with van der Waals surface area (Å²) < 4.78 is 0. The predicted molar refractivity (Wildman–Crippen MR) is 74.6 cm³/mol. The van der Waals surface area contributed by atoms with Gasteiger partial charge in [-0.05, 0) is 39.8 Å². The van der Waals surface area contributed by atoms with E-state index in [9.17, 15) is 4.79 Å². The van der Waals surface area contributed by atoms with E-state index < -0.39 is 0 Å². The molecule has 0 aliphatic carbocycles. The summed E-state index contributed by atoms with van der Waals surface area (Å²) in [5.74, 6) is 0.125. The molecule has 0 saturated heterocycles. The van der Waals surface area contributed by atoms with E-state index in [4.69, 9.17) is 0 Å². The monoisotopic (exact) mass is 235 g/mol. The Morgan fingerprint density at radius 1 is 1.06 bits per heavy atom. The van der Waals surface area contributed by atoms with Gasteiger partial charge >= 0.3 is 0 Å². The maximum Gasteiger partial charge on any atom is 0.159 e. The number of ketones is 1. The van der Waals surface area contributed by atoms with Gasteiger partial charge in [-0.3, -0.25) is 4.79 Å². The summed E-state index contributed by atoms with van der Waals surface area (Å²) in [6.45, 7) is 10.3. The lowest BCUT2D eigenvalue weighted by Crippen LogP contribution is -2.14. The van der Waals surface area contributed by atoms with Crippen molar-refractivity contribution in [1.82, 2.24) is 5.32 Å². The molecule has 1 aromatic rings. The van der Waals surface area contributed by atoms with Crippen LogP contribution in [0.4, 0.5) is 0 Å². The minimum Gasteiger partial charge on any atom is -0.317 e. The summed E-state index contributed by atoms with van der Waals surface area (Å²) in [7, 11) is 0. The molecule has 0 spiro atoms. The van der Waals surface area contributed by atoms with Crippen LogP contribution in [-0.4, -0.2) is 18.9 Å². The van der Waals surface area contributed by atoms with Crippen molar-refractivity contribution in [3.8, 4) is 0 Å². The molecule has 1 rings (SSSR count). The van der Waals surface area contributed by atoms with Gasteiger partial charge in [-0.2, -0.15) is 0 Å². The second-order valence-electron chi connectivity index (χ2n) is 4.17. The zero-order valence-corrected chi connectivity index (χ0v) is 11.5. The highest BCUT2D eigenvalue weighted by molar-refractivity contribution is 5.93. The first-order chi connectivity index (χ1) is 8.11. The topological polar surface area (TPSA) is 29.1 Å². The third kappa shape index (κ3) is 8.64. The van der Waals surface area contributed by atoms with Crippen molar-refractivity contribution < 1.29 is 4.79 Å². The van der Waals surface area contributed by atoms with Gasteiger partial charge in [0.25, 0.3) is 0 Å².